The molecule has 0 N–H and O–H groups in total. The summed E-state index contributed by atoms with van der Waals surface area (Å²) in [6.45, 7) is 2.20. The molecule has 1 aliphatic rings. The minimum absolute atomic E-state index is 0.118. The maximum absolute atomic E-state index is 12.3. The van der Waals surface area contributed by atoms with E-state index in [1.54, 1.807) is 0 Å². The Labute approximate surface area is 152 Å². The number of esters is 1. The van der Waals surface area contributed by atoms with Crippen molar-refractivity contribution >= 4 is 5.97 Å². The summed E-state index contributed by atoms with van der Waals surface area (Å²) in [5, 5.41) is 0. The van der Waals surface area contributed by atoms with E-state index >= 15 is 0 Å². The van der Waals surface area contributed by atoms with Crippen molar-refractivity contribution in [2.45, 2.75) is 71.1 Å². The number of halogens is 3. The molecule has 1 fully saturated rings. The van der Waals surface area contributed by atoms with Crippen LogP contribution in [0.25, 0.3) is 0 Å². The Bertz CT molecular complexity index is 546. The molecular weight excluding hydrogens is 345 g/mol. The zero-order valence-electron chi connectivity index (χ0n) is 15.2. The first-order valence-electron chi connectivity index (χ1n) is 9.45. The predicted molar refractivity (Wildman–Crippen MR) is 93.0 cm³/mol. The summed E-state index contributed by atoms with van der Waals surface area (Å²) in [5.74, 6) is 0.203. The van der Waals surface area contributed by atoms with Crippen LogP contribution in [-0.2, 0) is 4.79 Å². The Morgan fingerprint density at radius 3 is 2.19 bits per heavy atom. The fourth-order valence-electron chi connectivity index (χ4n) is 3.46. The van der Waals surface area contributed by atoms with Gasteiger partial charge in [0.15, 0.2) is 0 Å². The molecule has 0 amide bonds. The molecule has 6 heteroatoms. The third-order valence-corrected chi connectivity index (χ3v) is 4.92. The van der Waals surface area contributed by atoms with E-state index in [0.717, 1.165) is 37.8 Å². The molecule has 1 aliphatic carbocycles. The molecule has 0 unspecified atom stereocenters. The lowest BCUT2D eigenvalue weighted by atomic mass is 9.80. The molecule has 146 valence electrons. The minimum atomic E-state index is -4.73. The van der Waals surface area contributed by atoms with Crippen molar-refractivity contribution in [3.8, 4) is 11.5 Å². The normalized spacial score (nSPS) is 20.6. The van der Waals surface area contributed by atoms with Gasteiger partial charge >= 0.3 is 12.3 Å². The van der Waals surface area contributed by atoms with Crippen LogP contribution in [0.1, 0.15) is 64.7 Å². The standard InChI is InChI=1S/C20H27F3O3/c1-2-3-4-5-6-15-7-9-16(10-8-15)19(24)25-17-11-13-18(14-12-17)26-20(21,22)23/h11-16H,2-10H2,1H3/t15-,16-. The van der Waals surface area contributed by atoms with Gasteiger partial charge < -0.3 is 9.47 Å². The lowest BCUT2D eigenvalue weighted by Crippen LogP contribution is -2.25. The van der Waals surface area contributed by atoms with Gasteiger partial charge in [-0.1, -0.05) is 39.0 Å². The highest BCUT2D eigenvalue weighted by molar-refractivity contribution is 5.75. The maximum Gasteiger partial charge on any atom is 0.573 e. The van der Waals surface area contributed by atoms with Gasteiger partial charge in [0.2, 0.25) is 0 Å². The van der Waals surface area contributed by atoms with Crippen LogP contribution in [0.4, 0.5) is 13.2 Å². The molecule has 26 heavy (non-hydrogen) atoms. The Hall–Kier alpha value is -1.72. The highest BCUT2D eigenvalue weighted by atomic mass is 19.4. The lowest BCUT2D eigenvalue weighted by molar-refractivity contribution is -0.274. The lowest BCUT2D eigenvalue weighted by Gasteiger charge is -2.27. The van der Waals surface area contributed by atoms with Gasteiger partial charge in [0.05, 0.1) is 5.92 Å². The molecule has 0 atom stereocenters. The average molecular weight is 372 g/mol. The Balaban J connectivity index is 1.73. The Morgan fingerprint density at radius 1 is 1.00 bits per heavy atom. The number of carbonyl (C=O) groups is 1. The fraction of sp³-hybridized carbons (Fsp3) is 0.650. The van der Waals surface area contributed by atoms with E-state index in [4.69, 9.17) is 4.74 Å². The molecule has 0 aromatic heterocycles. The van der Waals surface area contributed by atoms with Crippen molar-refractivity contribution in [3.05, 3.63) is 24.3 Å². The van der Waals surface area contributed by atoms with Crippen LogP contribution in [0.15, 0.2) is 24.3 Å². The smallest absolute Gasteiger partial charge is 0.426 e. The van der Waals surface area contributed by atoms with E-state index in [9.17, 15) is 18.0 Å². The molecule has 0 radical (unpaired) electrons. The first-order valence-corrected chi connectivity index (χ1v) is 9.45. The molecule has 1 saturated carbocycles. The highest BCUT2D eigenvalue weighted by Crippen LogP contribution is 2.33. The van der Waals surface area contributed by atoms with Crippen molar-refractivity contribution in [1.29, 1.82) is 0 Å². The van der Waals surface area contributed by atoms with Gasteiger partial charge in [-0.05, 0) is 55.9 Å². The average Bonchev–Trinajstić information content (AvgIpc) is 2.60. The van der Waals surface area contributed by atoms with Gasteiger partial charge in [0.1, 0.15) is 11.5 Å². The van der Waals surface area contributed by atoms with Crippen molar-refractivity contribution in [2.75, 3.05) is 0 Å². The van der Waals surface area contributed by atoms with Crippen LogP contribution in [0.2, 0.25) is 0 Å². The molecule has 0 saturated heterocycles. The summed E-state index contributed by atoms with van der Waals surface area (Å²) in [4.78, 5) is 12.3. The van der Waals surface area contributed by atoms with Gasteiger partial charge in [-0.15, -0.1) is 13.2 Å². The van der Waals surface area contributed by atoms with Gasteiger partial charge in [-0.25, -0.2) is 0 Å². The number of hydrogen-bond donors (Lipinski definition) is 0. The highest BCUT2D eigenvalue weighted by Gasteiger charge is 2.31. The van der Waals surface area contributed by atoms with E-state index in [2.05, 4.69) is 11.7 Å². The van der Waals surface area contributed by atoms with Crippen LogP contribution in [-0.4, -0.2) is 12.3 Å². The van der Waals surface area contributed by atoms with Crippen LogP contribution < -0.4 is 9.47 Å². The number of unbranched alkanes of at least 4 members (excludes halogenated alkanes) is 3. The number of rotatable bonds is 8. The Morgan fingerprint density at radius 2 is 1.62 bits per heavy atom. The quantitative estimate of drug-likeness (QED) is 0.307. The second-order valence-electron chi connectivity index (χ2n) is 7.01. The van der Waals surface area contributed by atoms with E-state index in [-0.39, 0.29) is 23.4 Å². The zero-order valence-corrected chi connectivity index (χ0v) is 15.2. The van der Waals surface area contributed by atoms with Gasteiger partial charge in [0, 0.05) is 0 Å². The van der Waals surface area contributed by atoms with E-state index in [1.807, 2.05) is 0 Å². The number of benzene rings is 1. The molecule has 0 aliphatic heterocycles. The van der Waals surface area contributed by atoms with Crippen molar-refractivity contribution in [1.82, 2.24) is 0 Å². The summed E-state index contributed by atoms with van der Waals surface area (Å²) in [6, 6.07) is 4.92. The van der Waals surface area contributed by atoms with Crippen LogP contribution >= 0.6 is 0 Å². The monoisotopic (exact) mass is 372 g/mol. The van der Waals surface area contributed by atoms with Crippen molar-refractivity contribution in [3.63, 3.8) is 0 Å². The molecule has 0 bridgehead atoms. The number of carbonyl (C=O) groups excluding carboxylic acids is 1. The summed E-state index contributed by atoms with van der Waals surface area (Å²) >= 11 is 0. The van der Waals surface area contributed by atoms with Crippen LogP contribution in [0.3, 0.4) is 0 Å². The molecule has 1 aromatic carbocycles. The van der Waals surface area contributed by atoms with E-state index < -0.39 is 6.36 Å². The van der Waals surface area contributed by atoms with Crippen LogP contribution in [0.5, 0.6) is 11.5 Å². The summed E-state index contributed by atoms with van der Waals surface area (Å²) in [5.41, 5.74) is 0. The molecule has 1 aromatic rings. The predicted octanol–water partition coefficient (Wildman–Crippen LogP) is 6.27. The summed E-state index contributed by atoms with van der Waals surface area (Å²) < 4.78 is 45.5. The third-order valence-electron chi connectivity index (χ3n) is 4.92. The number of alkyl halides is 3. The van der Waals surface area contributed by atoms with E-state index in [0.29, 0.717) is 5.92 Å². The SMILES string of the molecule is CCCCCC[C@H]1CC[C@H](C(=O)Oc2ccc(OC(F)(F)F)cc2)CC1. The van der Waals surface area contributed by atoms with Gasteiger partial charge in [-0.2, -0.15) is 0 Å². The van der Waals surface area contributed by atoms with Crippen molar-refractivity contribution < 1.29 is 27.4 Å². The Kier molecular flexibility index (Phi) is 7.79. The maximum atomic E-state index is 12.3. The first-order chi connectivity index (χ1) is 12.4. The molecule has 0 spiro atoms. The van der Waals surface area contributed by atoms with E-state index in [1.165, 1.54) is 44.2 Å². The van der Waals surface area contributed by atoms with Gasteiger partial charge in [0.25, 0.3) is 0 Å². The topological polar surface area (TPSA) is 35.5 Å². The largest absolute Gasteiger partial charge is 0.573 e. The number of hydrogen-bond acceptors (Lipinski definition) is 3. The second kappa shape index (κ2) is 9.83. The second-order valence-corrected chi connectivity index (χ2v) is 7.01. The first kappa shape index (κ1) is 20.6. The molecule has 0 heterocycles. The third kappa shape index (κ3) is 7.26. The van der Waals surface area contributed by atoms with Crippen LogP contribution in [0, 0.1) is 11.8 Å². The zero-order chi connectivity index (χ0) is 19.0. The molecular formula is C20H27F3O3. The summed E-state index contributed by atoms with van der Waals surface area (Å²) in [7, 11) is 0. The molecule has 2 rings (SSSR count). The molecule has 3 nitrogen and oxygen atoms in total. The summed E-state index contributed by atoms with van der Waals surface area (Å²) in [6.07, 6.45) is 5.33. The van der Waals surface area contributed by atoms with Gasteiger partial charge in [-0.3, -0.25) is 4.79 Å². The van der Waals surface area contributed by atoms with Crippen molar-refractivity contribution in [2.24, 2.45) is 11.8 Å². The number of ether oxygens (including phenoxy) is 2. The minimum Gasteiger partial charge on any atom is -0.426 e. The fourth-order valence-corrected chi connectivity index (χ4v) is 3.46.